The topological polar surface area (TPSA) is 42.8 Å². The second-order valence-electron chi connectivity index (χ2n) is 2.06. The summed E-state index contributed by atoms with van der Waals surface area (Å²) < 4.78 is 0. The Morgan fingerprint density at radius 3 is 2.67 bits per heavy atom. The lowest BCUT2D eigenvalue weighted by Crippen LogP contribution is -2.48. The quantitative estimate of drug-likeness (QED) is 0.381. The van der Waals surface area contributed by atoms with E-state index in [-0.39, 0.29) is 0 Å². The standard InChI is InChI=1S/C6H10N3/c1-5-3-4-9(7)8-6(5)2/h3-4H,1-2H3,(H2,7,8)/q+1. The van der Waals surface area contributed by atoms with Crippen LogP contribution >= 0.6 is 0 Å². The molecule has 0 bridgehead atoms. The van der Waals surface area contributed by atoms with Gasteiger partial charge in [-0.2, -0.15) is 5.84 Å². The molecule has 0 saturated heterocycles. The first-order valence-electron chi connectivity index (χ1n) is 2.81. The van der Waals surface area contributed by atoms with Crippen molar-refractivity contribution in [2.45, 2.75) is 13.8 Å². The van der Waals surface area contributed by atoms with Crippen molar-refractivity contribution in [2.24, 2.45) is 0 Å². The molecule has 2 N–H and O–H groups in total. The Labute approximate surface area is 54.1 Å². The molecule has 3 nitrogen and oxygen atoms in total. The Morgan fingerprint density at radius 1 is 1.56 bits per heavy atom. The SMILES string of the molecule is Cc1cc[n+](N)nc1C. The minimum Gasteiger partial charge on any atom is -0.181 e. The van der Waals surface area contributed by atoms with Crippen LogP contribution in [0.25, 0.3) is 0 Å². The van der Waals surface area contributed by atoms with Crippen molar-refractivity contribution in [1.82, 2.24) is 5.10 Å². The summed E-state index contributed by atoms with van der Waals surface area (Å²) in [4.78, 5) is 1.31. The Bertz CT molecular complexity index is 220. The van der Waals surface area contributed by atoms with Crippen molar-refractivity contribution in [1.29, 1.82) is 0 Å². The summed E-state index contributed by atoms with van der Waals surface area (Å²) in [6.45, 7) is 3.93. The molecule has 3 heteroatoms. The zero-order chi connectivity index (χ0) is 6.85. The van der Waals surface area contributed by atoms with Gasteiger partial charge in [0.25, 0.3) is 0 Å². The molecular weight excluding hydrogens is 114 g/mol. The highest BCUT2D eigenvalue weighted by atomic mass is 15.5. The Balaban J connectivity index is 3.17. The summed E-state index contributed by atoms with van der Waals surface area (Å²) in [5.74, 6) is 5.33. The van der Waals surface area contributed by atoms with Gasteiger partial charge in [-0.1, -0.05) is 0 Å². The molecule has 48 valence electrons. The number of nitrogens with zero attached hydrogens (tertiary/aromatic N) is 2. The Hall–Kier alpha value is -1.12. The summed E-state index contributed by atoms with van der Waals surface area (Å²) in [5, 5.41) is 3.97. The molecule has 0 aromatic carbocycles. The first-order chi connectivity index (χ1) is 4.20. The Kier molecular flexibility index (Phi) is 1.34. The molecule has 0 radical (unpaired) electrons. The minimum absolute atomic E-state index is 0.972. The van der Waals surface area contributed by atoms with Gasteiger partial charge >= 0.3 is 0 Å². The summed E-state index contributed by atoms with van der Waals surface area (Å²) in [7, 11) is 0. The fourth-order valence-electron chi connectivity index (χ4n) is 0.594. The highest BCUT2D eigenvalue weighted by Gasteiger charge is 1.98. The normalized spacial score (nSPS) is 9.56. The number of nitrogen functional groups attached to an aromatic ring is 1. The monoisotopic (exact) mass is 124 g/mol. The van der Waals surface area contributed by atoms with Gasteiger partial charge in [-0.05, 0) is 19.4 Å². The van der Waals surface area contributed by atoms with Crippen molar-refractivity contribution in [3.63, 3.8) is 0 Å². The van der Waals surface area contributed by atoms with E-state index in [0.717, 1.165) is 11.3 Å². The average Bonchev–Trinajstić information content (AvgIpc) is 1.80. The number of hydrogen-bond donors (Lipinski definition) is 1. The average molecular weight is 124 g/mol. The molecule has 0 aliphatic heterocycles. The van der Waals surface area contributed by atoms with Crippen LogP contribution in [0.15, 0.2) is 12.3 Å². The van der Waals surface area contributed by atoms with E-state index in [1.165, 1.54) is 4.79 Å². The van der Waals surface area contributed by atoms with Crippen LogP contribution in [-0.2, 0) is 0 Å². The summed E-state index contributed by atoms with van der Waals surface area (Å²) >= 11 is 0. The second kappa shape index (κ2) is 2.01. The minimum atomic E-state index is 0.972. The zero-order valence-electron chi connectivity index (χ0n) is 5.63. The number of rotatable bonds is 0. The van der Waals surface area contributed by atoms with E-state index >= 15 is 0 Å². The van der Waals surface area contributed by atoms with Crippen molar-refractivity contribution in [3.8, 4) is 0 Å². The lowest BCUT2D eigenvalue weighted by Gasteiger charge is -1.90. The van der Waals surface area contributed by atoms with Crippen LogP contribution in [0.1, 0.15) is 11.3 Å². The number of aromatic nitrogens is 2. The smallest absolute Gasteiger partial charge is 0.181 e. The molecule has 1 aromatic heterocycles. The van der Waals surface area contributed by atoms with E-state index in [9.17, 15) is 0 Å². The van der Waals surface area contributed by atoms with Gasteiger partial charge < -0.3 is 0 Å². The van der Waals surface area contributed by atoms with E-state index in [2.05, 4.69) is 5.10 Å². The molecule has 0 spiro atoms. The maximum atomic E-state index is 5.33. The van der Waals surface area contributed by atoms with Crippen LogP contribution < -0.4 is 10.6 Å². The van der Waals surface area contributed by atoms with Gasteiger partial charge in [-0.3, -0.25) is 0 Å². The lowest BCUT2D eigenvalue weighted by atomic mass is 10.3. The third-order valence-electron chi connectivity index (χ3n) is 1.31. The van der Waals surface area contributed by atoms with Crippen molar-refractivity contribution in [2.75, 3.05) is 5.84 Å². The van der Waals surface area contributed by atoms with Crippen LogP contribution in [0.5, 0.6) is 0 Å². The van der Waals surface area contributed by atoms with Crippen LogP contribution in [0.4, 0.5) is 0 Å². The molecular formula is C6H10N3+. The van der Waals surface area contributed by atoms with Crippen LogP contribution in [0, 0.1) is 13.8 Å². The molecule has 0 fully saturated rings. The molecule has 0 atom stereocenters. The van der Waals surface area contributed by atoms with Gasteiger partial charge in [0.15, 0.2) is 0 Å². The zero-order valence-corrected chi connectivity index (χ0v) is 5.63. The predicted molar refractivity (Wildman–Crippen MR) is 34.1 cm³/mol. The molecule has 1 heterocycles. The van der Waals surface area contributed by atoms with E-state index in [0.29, 0.717) is 0 Å². The predicted octanol–water partition coefficient (Wildman–Crippen LogP) is -0.300. The molecule has 1 aromatic rings. The first-order valence-corrected chi connectivity index (χ1v) is 2.81. The maximum absolute atomic E-state index is 5.33. The fraction of sp³-hybridized carbons (Fsp3) is 0.333. The third-order valence-corrected chi connectivity index (χ3v) is 1.31. The van der Waals surface area contributed by atoms with Gasteiger partial charge in [-0.25, -0.2) is 0 Å². The highest BCUT2D eigenvalue weighted by molar-refractivity contribution is 5.10. The largest absolute Gasteiger partial charge is 0.230 e. The van der Waals surface area contributed by atoms with Crippen LogP contribution in [-0.4, -0.2) is 5.10 Å². The van der Waals surface area contributed by atoms with E-state index in [4.69, 9.17) is 5.84 Å². The molecule has 0 aliphatic carbocycles. The Morgan fingerprint density at radius 2 is 2.22 bits per heavy atom. The van der Waals surface area contributed by atoms with Gasteiger partial charge in [-0.15, -0.1) is 0 Å². The number of aryl methyl sites for hydroxylation is 2. The van der Waals surface area contributed by atoms with E-state index < -0.39 is 0 Å². The first kappa shape index (κ1) is 6.01. The maximum Gasteiger partial charge on any atom is 0.230 e. The van der Waals surface area contributed by atoms with E-state index in [1.54, 1.807) is 6.20 Å². The van der Waals surface area contributed by atoms with Crippen molar-refractivity contribution < 1.29 is 4.79 Å². The molecule has 0 saturated carbocycles. The molecule has 0 aliphatic rings. The summed E-state index contributed by atoms with van der Waals surface area (Å²) in [5.41, 5.74) is 2.14. The lowest BCUT2D eigenvalue weighted by molar-refractivity contribution is -0.701. The van der Waals surface area contributed by atoms with Gasteiger partial charge in [0.1, 0.15) is 5.69 Å². The van der Waals surface area contributed by atoms with Gasteiger partial charge in [0, 0.05) is 16.0 Å². The molecule has 0 amide bonds. The highest BCUT2D eigenvalue weighted by Crippen LogP contribution is 1.95. The van der Waals surface area contributed by atoms with Gasteiger partial charge in [0.2, 0.25) is 6.20 Å². The fourth-order valence-corrected chi connectivity index (χ4v) is 0.594. The molecule has 1 rings (SSSR count). The second-order valence-corrected chi connectivity index (χ2v) is 2.06. The third kappa shape index (κ3) is 1.16. The van der Waals surface area contributed by atoms with Crippen LogP contribution in [0.3, 0.4) is 0 Å². The van der Waals surface area contributed by atoms with Crippen molar-refractivity contribution in [3.05, 3.63) is 23.5 Å². The number of nitrogens with two attached hydrogens (primary N) is 1. The van der Waals surface area contributed by atoms with E-state index in [1.807, 2.05) is 19.9 Å². The number of hydrogen-bond acceptors (Lipinski definition) is 2. The molecule has 9 heavy (non-hydrogen) atoms. The molecule has 0 unspecified atom stereocenters. The van der Waals surface area contributed by atoms with Crippen LogP contribution in [0.2, 0.25) is 0 Å². The van der Waals surface area contributed by atoms with Crippen molar-refractivity contribution >= 4 is 0 Å². The summed E-state index contributed by atoms with van der Waals surface area (Å²) in [6, 6.07) is 1.93. The summed E-state index contributed by atoms with van der Waals surface area (Å²) in [6.07, 6.45) is 1.72. The van der Waals surface area contributed by atoms with Gasteiger partial charge in [0.05, 0.1) is 0 Å².